The quantitative estimate of drug-likeness (QED) is 0.840. The van der Waals surface area contributed by atoms with Crippen LogP contribution in [-0.2, 0) is 14.6 Å². The number of hydrogen-bond acceptors (Lipinski definition) is 3. The van der Waals surface area contributed by atoms with Crippen LogP contribution >= 0.6 is 0 Å². The Labute approximate surface area is 132 Å². The van der Waals surface area contributed by atoms with E-state index in [1.807, 2.05) is 0 Å². The van der Waals surface area contributed by atoms with E-state index in [-0.39, 0.29) is 4.90 Å². The van der Waals surface area contributed by atoms with Crippen molar-refractivity contribution in [3.8, 4) is 0 Å². The summed E-state index contributed by atoms with van der Waals surface area (Å²) in [5.41, 5.74) is 0.698. The van der Waals surface area contributed by atoms with Gasteiger partial charge in [0.15, 0.2) is 9.84 Å². The summed E-state index contributed by atoms with van der Waals surface area (Å²) >= 11 is 0. The maximum Gasteiger partial charge on any atom is 0.310 e. The summed E-state index contributed by atoms with van der Waals surface area (Å²) in [7, 11) is -3.24. The van der Waals surface area contributed by atoms with Crippen LogP contribution in [0.3, 0.4) is 0 Å². The Hall–Kier alpha value is -1.36. The van der Waals surface area contributed by atoms with Gasteiger partial charge in [-0.25, -0.2) is 8.42 Å². The monoisotopic (exact) mass is 324 g/mol. The predicted molar refractivity (Wildman–Crippen MR) is 85.7 cm³/mol. The van der Waals surface area contributed by atoms with Gasteiger partial charge in [0.1, 0.15) is 0 Å². The first kappa shape index (κ1) is 17.0. The third kappa shape index (κ3) is 4.57. The van der Waals surface area contributed by atoms with E-state index in [1.54, 1.807) is 12.1 Å². The summed E-state index contributed by atoms with van der Waals surface area (Å²) in [6.07, 6.45) is 8.87. The average Bonchev–Trinajstić information content (AvgIpc) is 2.72. The molecule has 1 aliphatic rings. The van der Waals surface area contributed by atoms with Gasteiger partial charge in [-0.1, -0.05) is 50.7 Å². The molecule has 1 fully saturated rings. The molecule has 2 rings (SSSR count). The molecule has 1 atom stereocenters. The van der Waals surface area contributed by atoms with E-state index in [0.29, 0.717) is 17.9 Å². The lowest BCUT2D eigenvalue weighted by Gasteiger charge is -2.20. The highest BCUT2D eigenvalue weighted by Gasteiger charge is 2.25. The molecule has 0 radical (unpaired) electrons. The smallest absolute Gasteiger partial charge is 0.310 e. The highest BCUT2D eigenvalue weighted by molar-refractivity contribution is 7.90. The Kier molecular flexibility index (Phi) is 5.62. The summed E-state index contributed by atoms with van der Waals surface area (Å²) in [6, 6.07) is 6.30. The summed E-state index contributed by atoms with van der Waals surface area (Å²) in [5.74, 6) is -0.911. The lowest BCUT2D eigenvalue weighted by Crippen LogP contribution is -2.16. The number of sulfone groups is 1. The van der Waals surface area contributed by atoms with E-state index < -0.39 is 21.7 Å². The van der Waals surface area contributed by atoms with Gasteiger partial charge in [0, 0.05) is 6.26 Å². The predicted octanol–water partition coefficient (Wildman–Crippen LogP) is 3.62. The first-order valence-electron chi connectivity index (χ1n) is 7.91. The van der Waals surface area contributed by atoms with Crippen LogP contribution in [0, 0.1) is 5.92 Å². The molecule has 122 valence electrons. The number of carboxylic acid groups (broad SMARTS) is 1. The molecule has 5 heteroatoms. The number of carbonyl (C=O) groups is 1. The van der Waals surface area contributed by atoms with E-state index in [4.69, 9.17) is 0 Å². The summed E-state index contributed by atoms with van der Waals surface area (Å²) in [5, 5.41) is 9.54. The molecule has 0 aliphatic heterocycles. The second kappa shape index (κ2) is 7.27. The Morgan fingerprint density at radius 2 is 1.68 bits per heavy atom. The highest BCUT2D eigenvalue weighted by Crippen LogP contribution is 2.32. The Bertz CT molecular complexity index is 596. The van der Waals surface area contributed by atoms with Crippen LogP contribution < -0.4 is 0 Å². The second-order valence-corrected chi connectivity index (χ2v) is 8.34. The van der Waals surface area contributed by atoms with E-state index in [2.05, 4.69) is 0 Å². The summed E-state index contributed by atoms with van der Waals surface area (Å²) in [6.45, 7) is 0. The van der Waals surface area contributed by atoms with Gasteiger partial charge in [-0.3, -0.25) is 4.79 Å². The van der Waals surface area contributed by atoms with Gasteiger partial charge in [-0.15, -0.1) is 0 Å². The third-order valence-corrected chi connectivity index (χ3v) is 5.68. The molecule has 0 saturated heterocycles. The minimum absolute atomic E-state index is 0.231. The zero-order chi connectivity index (χ0) is 16.2. The molecular weight excluding hydrogens is 300 g/mol. The van der Waals surface area contributed by atoms with Crippen LogP contribution in [-0.4, -0.2) is 25.7 Å². The maximum absolute atomic E-state index is 11.6. The van der Waals surface area contributed by atoms with Crippen molar-refractivity contribution in [1.29, 1.82) is 0 Å². The van der Waals surface area contributed by atoms with Crippen LogP contribution in [0.5, 0.6) is 0 Å². The zero-order valence-electron chi connectivity index (χ0n) is 13.0. The van der Waals surface area contributed by atoms with Crippen molar-refractivity contribution in [1.82, 2.24) is 0 Å². The van der Waals surface area contributed by atoms with Crippen LogP contribution in [0.4, 0.5) is 0 Å². The molecule has 1 aliphatic carbocycles. The van der Waals surface area contributed by atoms with E-state index >= 15 is 0 Å². The largest absolute Gasteiger partial charge is 0.481 e. The van der Waals surface area contributed by atoms with Gasteiger partial charge in [0.05, 0.1) is 10.8 Å². The average molecular weight is 324 g/mol. The molecule has 1 N–H and O–H groups in total. The van der Waals surface area contributed by atoms with Crippen molar-refractivity contribution in [3.05, 3.63) is 29.8 Å². The van der Waals surface area contributed by atoms with Crippen molar-refractivity contribution in [3.63, 3.8) is 0 Å². The lowest BCUT2D eigenvalue weighted by atomic mass is 9.85. The Morgan fingerprint density at radius 1 is 1.14 bits per heavy atom. The van der Waals surface area contributed by atoms with Crippen molar-refractivity contribution >= 4 is 15.8 Å². The fraction of sp³-hybridized carbons (Fsp3) is 0.588. The molecule has 0 bridgehead atoms. The van der Waals surface area contributed by atoms with Gasteiger partial charge >= 0.3 is 5.97 Å². The van der Waals surface area contributed by atoms with Gasteiger partial charge in [-0.2, -0.15) is 0 Å². The number of carboxylic acids is 1. The number of benzene rings is 1. The molecule has 0 heterocycles. The van der Waals surface area contributed by atoms with Crippen LogP contribution in [0.25, 0.3) is 0 Å². The van der Waals surface area contributed by atoms with Crippen molar-refractivity contribution in [2.45, 2.75) is 55.8 Å². The molecule has 1 aromatic rings. The third-order valence-electron chi connectivity index (χ3n) is 4.55. The SMILES string of the molecule is CS(=O)(=O)c1ccc([C@@H](CC2CCCCCC2)C(=O)O)cc1. The van der Waals surface area contributed by atoms with E-state index in [9.17, 15) is 18.3 Å². The van der Waals surface area contributed by atoms with E-state index in [1.165, 1.54) is 37.8 Å². The number of hydrogen-bond donors (Lipinski definition) is 1. The molecule has 22 heavy (non-hydrogen) atoms. The number of aliphatic carboxylic acids is 1. The molecule has 4 nitrogen and oxygen atoms in total. The normalized spacial score (nSPS) is 18.6. The van der Waals surface area contributed by atoms with Crippen molar-refractivity contribution in [2.75, 3.05) is 6.26 Å². The minimum atomic E-state index is -3.24. The summed E-state index contributed by atoms with van der Waals surface area (Å²) < 4.78 is 23.0. The second-order valence-electron chi connectivity index (χ2n) is 6.33. The highest BCUT2D eigenvalue weighted by atomic mass is 32.2. The van der Waals surface area contributed by atoms with Crippen LogP contribution in [0.2, 0.25) is 0 Å². The van der Waals surface area contributed by atoms with Gasteiger partial charge in [0.2, 0.25) is 0 Å². The standard InChI is InChI=1S/C17H24O4S/c1-22(20,21)15-10-8-14(9-11-15)16(17(18)19)12-13-6-4-2-3-5-7-13/h8-11,13,16H,2-7,12H2,1H3,(H,18,19)/t16-/m1/s1. The van der Waals surface area contributed by atoms with Crippen LogP contribution in [0.1, 0.15) is 56.4 Å². The summed E-state index contributed by atoms with van der Waals surface area (Å²) in [4.78, 5) is 11.9. The number of rotatable bonds is 5. The van der Waals surface area contributed by atoms with Crippen molar-refractivity contribution < 1.29 is 18.3 Å². The fourth-order valence-electron chi connectivity index (χ4n) is 3.26. The Balaban J connectivity index is 2.15. The molecule has 0 aromatic heterocycles. The first-order valence-corrected chi connectivity index (χ1v) is 9.80. The van der Waals surface area contributed by atoms with Gasteiger partial charge < -0.3 is 5.11 Å². The van der Waals surface area contributed by atoms with Crippen LogP contribution in [0.15, 0.2) is 29.2 Å². The van der Waals surface area contributed by atoms with Gasteiger partial charge in [-0.05, 0) is 30.0 Å². The molecule has 1 aromatic carbocycles. The molecule has 0 amide bonds. The first-order chi connectivity index (χ1) is 10.4. The molecule has 1 saturated carbocycles. The van der Waals surface area contributed by atoms with Gasteiger partial charge in [0.25, 0.3) is 0 Å². The lowest BCUT2D eigenvalue weighted by molar-refractivity contribution is -0.139. The van der Waals surface area contributed by atoms with Crippen molar-refractivity contribution in [2.24, 2.45) is 5.92 Å². The molecule has 0 spiro atoms. The Morgan fingerprint density at radius 3 is 2.14 bits per heavy atom. The van der Waals surface area contributed by atoms with E-state index in [0.717, 1.165) is 19.1 Å². The fourth-order valence-corrected chi connectivity index (χ4v) is 3.89. The zero-order valence-corrected chi connectivity index (χ0v) is 13.8. The minimum Gasteiger partial charge on any atom is -0.481 e. The molecule has 0 unspecified atom stereocenters. The topological polar surface area (TPSA) is 71.4 Å². The molecular formula is C17H24O4S. The maximum atomic E-state index is 11.6.